The van der Waals surface area contributed by atoms with Gasteiger partial charge in [-0.3, -0.25) is 19.8 Å². The highest BCUT2D eigenvalue weighted by Gasteiger charge is 2.42. The first-order valence-corrected chi connectivity index (χ1v) is 12.9. The molecule has 5 rings (SSSR count). The van der Waals surface area contributed by atoms with Crippen LogP contribution in [0.3, 0.4) is 0 Å². The van der Waals surface area contributed by atoms with Crippen LogP contribution in [0, 0.1) is 11.7 Å². The molecule has 0 spiro atoms. The van der Waals surface area contributed by atoms with Gasteiger partial charge in [0.05, 0.1) is 12.6 Å². The van der Waals surface area contributed by atoms with E-state index < -0.39 is 29.7 Å². The molecule has 1 amide bonds. The Hall–Kier alpha value is -4.04. The van der Waals surface area contributed by atoms with Crippen LogP contribution in [0.1, 0.15) is 35.7 Å². The molecule has 8 heteroatoms. The van der Waals surface area contributed by atoms with Crippen molar-refractivity contribution in [1.82, 2.24) is 15.1 Å². The zero-order chi connectivity index (χ0) is 26.5. The van der Waals surface area contributed by atoms with Crippen molar-refractivity contribution in [2.45, 2.75) is 19.0 Å². The third-order valence-corrected chi connectivity index (χ3v) is 7.06. The summed E-state index contributed by atoms with van der Waals surface area (Å²) >= 11 is 0. The van der Waals surface area contributed by atoms with Crippen LogP contribution in [0.4, 0.5) is 4.39 Å². The molecule has 0 unspecified atom stereocenters. The van der Waals surface area contributed by atoms with E-state index in [2.05, 4.69) is 58.7 Å². The molecule has 196 valence electrons. The zero-order valence-corrected chi connectivity index (χ0v) is 21.3. The minimum atomic E-state index is -1.13. The summed E-state index contributed by atoms with van der Waals surface area (Å²) in [6.07, 6.45) is 0. The molecule has 3 aromatic rings. The minimum absolute atomic E-state index is 0.114. The molecule has 1 N–H and O–H groups in total. The number of nitrogens with zero attached hydrogens (tertiary/aromatic N) is 3. The first kappa shape index (κ1) is 25.6. The normalized spacial score (nSPS) is 20.1. The van der Waals surface area contributed by atoms with Crippen molar-refractivity contribution in [3.63, 3.8) is 0 Å². The second-order valence-corrected chi connectivity index (χ2v) is 9.41. The van der Waals surface area contributed by atoms with E-state index in [1.54, 1.807) is 19.1 Å². The van der Waals surface area contributed by atoms with Gasteiger partial charge in [0.1, 0.15) is 11.9 Å². The van der Waals surface area contributed by atoms with Gasteiger partial charge < -0.3 is 9.64 Å². The molecule has 2 aliphatic rings. The lowest BCUT2D eigenvalue weighted by Gasteiger charge is -2.42. The predicted octanol–water partition coefficient (Wildman–Crippen LogP) is 3.94. The Labute approximate surface area is 221 Å². The van der Waals surface area contributed by atoms with Crippen molar-refractivity contribution in [3.05, 3.63) is 107 Å². The summed E-state index contributed by atoms with van der Waals surface area (Å²) in [6.45, 7) is 4.65. The van der Waals surface area contributed by atoms with Crippen LogP contribution in [0.2, 0.25) is 0 Å². The minimum Gasteiger partial charge on any atom is -0.465 e. The largest absolute Gasteiger partial charge is 0.465 e. The van der Waals surface area contributed by atoms with Crippen LogP contribution >= 0.6 is 0 Å². The summed E-state index contributed by atoms with van der Waals surface area (Å²) in [5.41, 5.74) is 3.04. The number of carbonyl (C=O) groups is 2. The highest BCUT2D eigenvalue weighted by atomic mass is 19.1. The summed E-state index contributed by atoms with van der Waals surface area (Å²) < 4.78 is 18.8. The molecule has 0 bridgehead atoms. The van der Waals surface area contributed by atoms with Gasteiger partial charge in [0.25, 0.3) is 0 Å². The lowest BCUT2D eigenvalue weighted by atomic mass is 9.91. The maximum absolute atomic E-state index is 13.6. The number of esters is 1. The van der Waals surface area contributed by atoms with Crippen LogP contribution in [0.25, 0.3) is 0 Å². The number of amides is 1. The van der Waals surface area contributed by atoms with Gasteiger partial charge >= 0.3 is 5.97 Å². The van der Waals surface area contributed by atoms with E-state index in [4.69, 9.17) is 9.73 Å². The second-order valence-electron chi connectivity index (χ2n) is 9.41. The fourth-order valence-corrected chi connectivity index (χ4v) is 5.20. The summed E-state index contributed by atoms with van der Waals surface area (Å²) in [6, 6.07) is 26.0. The van der Waals surface area contributed by atoms with Crippen molar-refractivity contribution in [2.75, 3.05) is 32.8 Å². The van der Waals surface area contributed by atoms with E-state index in [0.717, 1.165) is 13.1 Å². The number of nitrogens with one attached hydrogen (secondary N) is 1. The van der Waals surface area contributed by atoms with Crippen molar-refractivity contribution in [3.8, 4) is 0 Å². The maximum atomic E-state index is 13.6. The van der Waals surface area contributed by atoms with Gasteiger partial charge in [-0.2, -0.15) is 0 Å². The van der Waals surface area contributed by atoms with Crippen molar-refractivity contribution >= 4 is 17.8 Å². The highest BCUT2D eigenvalue weighted by molar-refractivity contribution is 6.08. The van der Waals surface area contributed by atoms with Gasteiger partial charge in [-0.25, -0.2) is 9.38 Å². The Bertz CT molecular complexity index is 1240. The zero-order valence-electron chi connectivity index (χ0n) is 21.3. The second kappa shape index (κ2) is 11.6. The molecular formula is C30H31FN4O3. The average Bonchev–Trinajstić information content (AvgIpc) is 2.95. The van der Waals surface area contributed by atoms with Crippen LogP contribution in [0.5, 0.6) is 0 Å². The molecule has 2 heterocycles. The number of hydrogen-bond acceptors (Lipinski definition) is 6. The first-order valence-electron chi connectivity index (χ1n) is 12.9. The summed E-state index contributed by atoms with van der Waals surface area (Å²) in [7, 11) is 0. The molecule has 3 aromatic carbocycles. The highest BCUT2D eigenvalue weighted by Crippen LogP contribution is 2.32. The number of carbonyl (C=O) groups excluding carboxylic acids is 2. The van der Waals surface area contributed by atoms with Gasteiger partial charge in [0, 0.05) is 26.2 Å². The van der Waals surface area contributed by atoms with Gasteiger partial charge in [-0.15, -0.1) is 0 Å². The van der Waals surface area contributed by atoms with Crippen LogP contribution in [0.15, 0.2) is 89.9 Å². The average molecular weight is 515 g/mol. The maximum Gasteiger partial charge on any atom is 0.321 e. The SMILES string of the molecule is CCOC(=O)[C@H]1C(=O)NC(N2CCN(C(c3ccccc3)c3ccccc3)CC2)=N[C@H]1c1ccc(F)cc1. The van der Waals surface area contributed by atoms with E-state index >= 15 is 0 Å². The Morgan fingerprint density at radius 3 is 2.08 bits per heavy atom. The van der Waals surface area contributed by atoms with Crippen LogP contribution in [-0.2, 0) is 14.3 Å². The quantitative estimate of drug-likeness (QED) is 0.399. The molecular weight excluding hydrogens is 483 g/mol. The molecule has 0 saturated carbocycles. The number of halogens is 1. The monoisotopic (exact) mass is 514 g/mol. The molecule has 38 heavy (non-hydrogen) atoms. The van der Waals surface area contributed by atoms with E-state index in [1.807, 2.05) is 17.0 Å². The van der Waals surface area contributed by atoms with Crippen molar-refractivity contribution in [2.24, 2.45) is 10.9 Å². The van der Waals surface area contributed by atoms with Crippen molar-refractivity contribution < 1.29 is 18.7 Å². The summed E-state index contributed by atoms with van der Waals surface area (Å²) in [5, 5.41) is 2.84. The molecule has 7 nitrogen and oxygen atoms in total. The number of guanidine groups is 1. The lowest BCUT2D eigenvalue weighted by Crippen LogP contribution is -2.57. The predicted molar refractivity (Wildman–Crippen MR) is 143 cm³/mol. The topological polar surface area (TPSA) is 74.2 Å². The smallest absolute Gasteiger partial charge is 0.321 e. The van der Waals surface area contributed by atoms with E-state index in [-0.39, 0.29) is 12.6 Å². The molecule has 0 aromatic heterocycles. The van der Waals surface area contributed by atoms with Gasteiger partial charge in [-0.05, 0) is 35.7 Å². The third-order valence-electron chi connectivity index (χ3n) is 7.06. The van der Waals surface area contributed by atoms with Gasteiger partial charge in [0.2, 0.25) is 11.9 Å². The van der Waals surface area contributed by atoms with E-state index in [1.165, 1.54) is 23.3 Å². The number of hydrogen-bond donors (Lipinski definition) is 1. The Morgan fingerprint density at radius 2 is 1.53 bits per heavy atom. The molecule has 1 saturated heterocycles. The number of aliphatic imine (C=N–C) groups is 1. The number of rotatable bonds is 6. The Balaban J connectivity index is 1.38. The molecule has 0 aliphatic carbocycles. The van der Waals surface area contributed by atoms with Crippen molar-refractivity contribution in [1.29, 1.82) is 0 Å². The first-order chi connectivity index (χ1) is 18.5. The lowest BCUT2D eigenvalue weighted by molar-refractivity contribution is -0.153. The van der Waals surface area contributed by atoms with Gasteiger partial charge in [-0.1, -0.05) is 72.8 Å². The Morgan fingerprint density at radius 1 is 0.947 bits per heavy atom. The van der Waals surface area contributed by atoms with Crippen LogP contribution in [-0.4, -0.2) is 60.4 Å². The molecule has 2 atom stereocenters. The molecule has 1 fully saturated rings. The summed E-state index contributed by atoms with van der Waals surface area (Å²) in [4.78, 5) is 35.1. The number of benzene rings is 3. The van der Waals surface area contributed by atoms with E-state index in [0.29, 0.717) is 24.6 Å². The third kappa shape index (κ3) is 5.45. The fraction of sp³-hybridized carbons (Fsp3) is 0.300. The standard InChI is InChI=1S/C30H31FN4O3/c1-2-38-29(37)25-26(21-13-15-24(31)16-14-21)32-30(33-28(25)36)35-19-17-34(18-20-35)27(22-9-5-3-6-10-22)23-11-7-4-8-12-23/h3-16,25-27H,2,17-20H2,1H3,(H,32,33,36)/t25-,26+/m1/s1. The van der Waals surface area contributed by atoms with Crippen LogP contribution < -0.4 is 5.32 Å². The number of ether oxygens (including phenoxy) is 1. The number of piperazine rings is 1. The molecule has 0 radical (unpaired) electrons. The van der Waals surface area contributed by atoms with Gasteiger partial charge in [0.15, 0.2) is 5.92 Å². The molecule has 2 aliphatic heterocycles. The summed E-state index contributed by atoms with van der Waals surface area (Å²) in [5.74, 6) is -2.20. The van der Waals surface area contributed by atoms with E-state index in [9.17, 15) is 14.0 Å². The Kier molecular flexibility index (Phi) is 7.79. The fourth-order valence-electron chi connectivity index (χ4n) is 5.20.